The molecule has 0 fully saturated rings. The molecule has 0 bridgehead atoms. The van der Waals surface area contributed by atoms with Crippen molar-refractivity contribution in [2.75, 3.05) is 13.2 Å². The van der Waals surface area contributed by atoms with E-state index in [1.807, 2.05) is 0 Å². The van der Waals surface area contributed by atoms with Gasteiger partial charge in [-0.05, 0) is 19.3 Å². The van der Waals surface area contributed by atoms with E-state index in [0.29, 0.717) is 19.3 Å². The van der Waals surface area contributed by atoms with Crippen molar-refractivity contribution in [3.05, 3.63) is 0 Å². The third kappa shape index (κ3) is 53.2. The van der Waals surface area contributed by atoms with Crippen LogP contribution in [0.5, 0.6) is 0 Å². The number of unbranched alkanes of at least 4 members (excludes halogenated alkanes) is 44. The highest BCUT2D eigenvalue weighted by atomic mass is 16.6. The van der Waals surface area contributed by atoms with Gasteiger partial charge in [0, 0.05) is 19.3 Å². The van der Waals surface area contributed by atoms with Gasteiger partial charge in [-0.15, -0.1) is 0 Å². The quantitative estimate of drug-likeness (QED) is 0.0344. The molecule has 6 heteroatoms. The van der Waals surface area contributed by atoms with E-state index in [1.165, 1.54) is 244 Å². The lowest BCUT2D eigenvalue weighted by molar-refractivity contribution is -0.167. The molecule has 0 N–H and O–H groups in total. The molecule has 1 atom stereocenters. The topological polar surface area (TPSA) is 78.9 Å². The van der Waals surface area contributed by atoms with Crippen LogP contribution in [0, 0.1) is 0 Å². The lowest BCUT2D eigenvalue weighted by atomic mass is 10.0. The van der Waals surface area contributed by atoms with Crippen LogP contribution >= 0.6 is 0 Å². The largest absolute Gasteiger partial charge is 0.462 e. The second-order valence-electron chi connectivity index (χ2n) is 20.3. The summed E-state index contributed by atoms with van der Waals surface area (Å²) in [5, 5.41) is 0. The van der Waals surface area contributed by atoms with Crippen molar-refractivity contribution in [2.45, 2.75) is 348 Å². The van der Waals surface area contributed by atoms with E-state index in [0.717, 1.165) is 57.8 Å². The van der Waals surface area contributed by atoms with Crippen LogP contribution in [-0.2, 0) is 28.6 Å². The first-order valence-electron chi connectivity index (χ1n) is 29.5. The second-order valence-corrected chi connectivity index (χ2v) is 20.3. The molecule has 0 spiro atoms. The van der Waals surface area contributed by atoms with Crippen LogP contribution in [0.25, 0.3) is 0 Å². The molecule has 0 radical (unpaired) electrons. The van der Waals surface area contributed by atoms with Crippen LogP contribution < -0.4 is 0 Å². The Labute approximate surface area is 406 Å². The number of hydrogen-bond acceptors (Lipinski definition) is 6. The summed E-state index contributed by atoms with van der Waals surface area (Å²) in [5.74, 6) is -0.831. The standard InChI is InChI=1S/C59H114O6/c1-4-7-10-13-16-19-22-25-27-29-30-31-33-35-38-41-44-47-50-53-59(62)65-56(54-63-57(60)51-48-45-42-39-36-24-21-18-15-12-9-6-3)55-64-58(61)52-49-46-43-40-37-34-32-28-26-23-20-17-14-11-8-5-2/h56H,4-55H2,1-3H3/t56-/m0/s1. The highest BCUT2D eigenvalue weighted by Gasteiger charge is 2.19. The molecule has 0 rings (SSSR count). The van der Waals surface area contributed by atoms with Gasteiger partial charge in [0.15, 0.2) is 6.10 Å². The average molecular weight is 920 g/mol. The molecule has 65 heavy (non-hydrogen) atoms. The van der Waals surface area contributed by atoms with Gasteiger partial charge in [0.1, 0.15) is 13.2 Å². The third-order valence-electron chi connectivity index (χ3n) is 13.6. The Morgan fingerprint density at radius 3 is 0.615 bits per heavy atom. The van der Waals surface area contributed by atoms with Gasteiger partial charge in [-0.2, -0.15) is 0 Å². The summed E-state index contributed by atoms with van der Waals surface area (Å²) in [7, 11) is 0. The first kappa shape index (κ1) is 63.4. The average Bonchev–Trinajstić information content (AvgIpc) is 3.30. The summed E-state index contributed by atoms with van der Waals surface area (Å²) in [5.41, 5.74) is 0. The minimum atomic E-state index is -0.761. The van der Waals surface area contributed by atoms with Crippen molar-refractivity contribution < 1.29 is 28.6 Å². The summed E-state index contributed by atoms with van der Waals surface area (Å²) in [6.07, 6.45) is 60.9. The van der Waals surface area contributed by atoms with Crippen molar-refractivity contribution in [2.24, 2.45) is 0 Å². The Hall–Kier alpha value is -1.59. The van der Waals surface area contributed by atoms with E-state index in [2.05, 4.69) is 20.8 Å². The molecule has 0 aromatic rings. The smallest absolute Gasteiger partial charge is 0.306 e. The molecule has 0 heterocycles. The van der Waals surface area contributed by atoms with Crippen molar-refractivity contribution >= 4 is 17.9 Å². The van der Waals surface area contributed by atoms with Crippen molar-refractivity contribution in [1.29, 1.82) is 0 Å². The van der Waals surface area contributed by atoms with Gasteiger partial charge in [-0.25, -0.2) is 0 Å². The number of carbonyl (C=O) groups is 3. The van der Waals surface area contributed by atoms with Crippen LogP contribution in [0.2, 0.25) is 0 Å². The van der Waals surface area contributed by atoms with Gasteiger partial charge in [-0.1, -0.05) is 303 Å². The van der Waals surface area contributed by atoms with Crippen molar-refractivity contribution in [3.63, 3.8) is 0 Å². The number of hydrogen-bond donors (Lipinski definition) is 0. The predicted molar refractivity (Wildman–Crippen MR) is 280 cm³/mol. The molecule has 0 saturated carbocycles. The van der Waals surface area contributed by atoms with Crippen LogP contribution in [0.1, 0.15) is 342 Å². The molecule has 6 nitrogen and oxygen atoms in total. The van der Waals surface area contributed by atoms with Gasteiger partial charge < -0.3 is 14.2 Å². The number of carbonyl (C=O) groups excluding carboxylic acids is 3. The second kappa shape index (κ2) is 55.0. The molecule has 0 aromatic heterocycles. The molecule has 0 amide bonds. The number of ether oxygens (including phenoxy) is 3. The fourth-order valence-electron chi connectivity index (χ4n) is 9.15. The normalized spacial score (nSPS) is 11.9. The SMILES string of the molecule is CCCCCCCCCCCCCCCCCCCCCC(=O)O[C@@H](COC(=O)CCCCCCCCCCCCCC)COC(=O)CCCCCCCCCCCCCCCCCC. The molecule has 0 aliphatic heterocycles. The summed E-state index contributed by atoms with van der Waals surface area (Å²) < 4.78 is 16.9. The number of esters is 3. The monoisotopic (exact) mass is 919 g/mol. The Kier molecular flexibility index (Phi) is 53.7. The minimum Gasteiger partial charge on any atom is -0.462 e. The zero-order valence-electron chi connectivity index (χ0n) is 44.3. The van der Waals surface area contributed by atoms with Gasteiger partial charge >= 0.3 is 17.9 Å². The molecule has 0 aromatic carbocycles. The Balaban J connectivity index is 4.26. The highest BCUT2D eigenvalue weighted by molar-refractivity contribution is 5.71. The Bertz CT molecular complexity index is 967. The first-order valence-corrected chi connectivity index (χ1v) is 29.5. The summed E-state index contributed by atoms with van der Waals surface area (Å²) in [6, 6.07) is 0. The van der Waals surface area contributed by atoms with E-state index >= 15 is 0 Å². The highest BCUT2D eigenvalue weighted by Crippen LogP contribution is 2.18. The lowest BCUT2D eigenvalue weighted by Crippen LogP contribution is -2.30. The third-order valence-corrected chi connectivity index (χ3v) is 13.6. The van der Waals surface area contributed by atoms with Gasteiger partial charge in [0.25, 0.3) is 0 Å². The maximum Gasteiger partial charge on any atom is 0.306 e. The molecule has 0 saturated heterocycles. The number of rotatable bonds is 55. The maximum atomic E-state index is 12.9. The van der Waals surface area contributed by atoms with Crippen molar-refractivity contribution in [1.82, 2.24) is 0 Å². The Morgan fingerprint density at radius 1 is 0.246 bits per heavy atom. The molecule has 0 unspecified atom stereocenters. The molecule has 0 aliphatic rings. The van der Waals surface area contributed by atoms with E-state index in [-0.39, 0.29) is 31.1 Å². The zero-order chi connectivity index (χ0) is 47.2. The van der Waals surface area contributed by atoms with E-state index in [4.69, 9.17) is 14.2 Å². The summed E-state index contributed by atoms with van der Waals surface area (Å²) >= 11 is 0. The van der Waals surface area contributed by atoms with Crippen LogP contribution in [0.4, 0.5) is 0 Å². The summed E-state index contributed by atoms with van der Waals surface area (Å²) in [4.78, 5) is 38.1. The molecular weight excluding hydrogens is 805 g/mol. The van der Waals surface area contributed by atoms with Crippen LogP contribution in [0.3, 0.4) is 0 Å². The maximum absolute atomic E-state index is 12.9. The summed E-state index contributed by atoms with van der Waals surface area (Å²) in [6.45, 7) is 6.71. The first-order chi connectivity index (χ1) is 32.0. The fourth-order valence-corrected chi connectivity index (χ4v) is 9.15. The Morgan fingerprint density at radius 2 is 0.415 bits per heavy atom. The van der Waals surface area contributed by atoms with Crippen LogP contribution in [-0.4, -0.2) is 37.2 Å². The molecule has 0 aliphatic carbocycles. The van der Waals surface area contributed by atoms with E-state index in [9.17, 15) is 14.4 Å². The van der Waals surface area contributed by atoms with Gasteiger partial charge in [-0.3, -0.25) is 14.4 Å². The lowest BCUT2D eigenvalue weighted by Gasteiger charge is -2.18. The zero-order valence-corrected chi connectivity index (χ0v) is 44.3. The molecule has 386 valence electrons. The van der Waals surface area contributed by atoms with E-state index < -0.39 is 6.10 Å². The predicted octanol–water partition coefficient (Wildman–Crippen LogP) is 19.5. The van der Waals surface area contributed by atoms with Gasteiger partial charge in [0.2, 0.25) is 0 Å². The minimum absolute atomic E-state index is 0.0610. The van der Waals surface area contributed by atoms with Gasteiger partial charge in [0.05, 0.1) is 0 Å². The fraction of sp³-hybridized carbons (Fsp3) is 0.949. The molecular formula is C59H114O6. The van der Waals surface area contributed by atoms with E-state index in [1.54, 1.807) is 0 Å². The van der Waals surface area contributed by atoms with Crippen LogP contribution in [0.15, 0.2) is 0 Å². The van der Waals surface area contributed by atoms with Crippen molar-refractivity contribution in [3.8, 4) is 0 Å².